The van der Waals surface area contributed by atoms with Crippen molar-refractivity contribution < 1.29 is 14.6 Å². The Morgan fingerprint density at radius 2 is 1.75 bits per heavy atom. The van der Waals surface area contributed by atoms with Crippen molar-refractivity contribution in [3.05, 3.63) is 58.6 Å². The summed E-state index contributed by atoms with van der Waals surface area (Å²) >= 11 is 6.00. The van der Waals surface area contributed by atoms with Crippen LogP contribution < -0.4 is 20.1 Å². The molecule has 8 heteroatoms. The van der Waals surface area contributed by atoms with Crippen molar-refractivity contribution in [2.24, 2.45) is 0 Å². The molecular formula is C20H29Cl3N2O3. The SMILES string of the molecule is COc1cc(CNCCNCC(C)O)ccc1OCc1cccc(Cl)c1.Cl.Cl. The smallest absolute Gasteiger partial charge is 0.161 e. The van der Waals surface area contributed by atoms with Crippen LogP contribution in [0.1, 0.15) is 18.1 Å². The normalized spacial score (nSPS) is 11.1. The largest absolute Gasteiger partial charge is 0.493 e. The summed E-state index contributed by atoms with van der Waals surface area (Å²) in [6, 6.07) is 13.5. The summed E-state index contributed by atoms with van der Waals surface area (Å²) in [4.78, 5) is 0. The first-order chi connectivity index (χ1) is 12.6. The van der Waals surface area contributed by atoms with Gasteiger partial charge in [-0.15, -0.1) is 24.8 Å². The average molecular weight is 452 g/mol. The maximum atomic E-state index is 9.19. The van der Waals surface area contributed by atoms with Crippen LogP contribution in [0, 0.1) is 0 Å². The van der Waals surface area contributed by atoms with E-state index in [-0.39, 0.29) is 30.9 Å². The topological polar surface area (TPSA) is 62.8 Å². The lowest BCUT2D eigenvalue weighted by Crippen LogP contribution is -2.31. The van der Waals surface area contributed by atoms with Gasteiger partial charge in [-0.2, -0.15) is 0 Å². The Morgan fingerprint density at radius 1 is 1.00 bits per heavy atom. The highest BCUT2D eigenvalue weighted by molar-refractivity contribution is 6.30. The van der Waals surface area contributed by atoms with Crippen LogP contribution >= 0.6 is 36.4 Å². The second kappa shape index (κ2) is 14.7. The third-order valence-corrected chi connectivity index (χ3v) is 3.99. The standard InChI is InChI=1S/C20H27ClN2O3.2ClH/c1-15(24)12-22-8-9-23-13-16-6-7-19(20(11-16)25-2)26-14-17-4-3-5-18(21)10-17;;/h3-7,10-11,15,22-24H,8-9,12-14H2,1-2H3;2*1H. The van der Waals surface area contributed by atoms with E-state index < -0.39 is 0 Å². The van der Waals surface area contributed by atoms with E-state index in [1.165, 1.54) is 0 Å². The molecule has 0 amide bonds. The molecule has 0 aliphatic carbocycles. The number of aliphatic hydroxyl groups excluding tert-OH is 1. The number of hydrogen-bond acceptors (Lipinski definition) is 5. The van der Waals surface area contributed by atoms with E-state index in [4.69, 9.17) is 21.1 Å². The molecular weight excluding hydrogens is 423 g/mol. The van der Waals surface area contributed by atoms with Gasteiger partial charge >= 0.3 is 0 Å². The van der Waals surface area contributed by atoms with Crippen LogP contribution in [0.5, 0.6) is 11.5 Å². The molecule has 158 valence electrons. The second-order valence-electron chi connectivity index (χ2n) is 6.13. The van der Waals surface area contributed by atoms with E-state index in [2.05, 4.69) is 10.6 Å². The van der Waals surface area contributed by atoms with Gasteiger partial charge in [0.1, 0.15) is 6.61 Å². The lowest BCUT2D eigenvalue weighted by atomic mass is 10.2. The Balaban J connectivity index is 0.00000364. The molecule has 1 atom stereocenters. The fraction of sp³-hybridized carbons (Fsp3) is 0.400. The zero-order valence-corrected chi connectivity index (χ0v) is 18.5. The van der Waals surface area contributed by atoms with Crippen molar-refractivity contribution in [1.82, 2.24) is 10.6 Å². The summed E-state index contributed by atoms with van der Waals surface area (Å²) in [5.74, 6) is 1.41. The summed E-state index contributed by atoms with van der Waals surface area (Å²) in [6.07, 6.45) is -0.321. The van der Waals surface area contributed by atoms with Gasteiger partial charge < -0.3 is 25.2 Å². The highest BCUT2D eigenvalue weighted by Crippen LogP contribution is 2.29. The number of rotatable bonds is 11. The van der Waals surface area contributed by atoms with Crippen molar-refractivity contribution in [2.45, 2.75) is 26.2 Å². The van der Waals surface area contributed by atoms with Crippen LogP contribution in [0.25, 0.3) is 0 Å². The quantitative estimate of drug-likeness (QED) is 0.453. The van der Waals surface area contributed by atoms with Gasteiger partial charge in [0.05, 0.1) is 13.2 Å². The molecule has 1 unspecified atom stereocenters. The maximum absolute atomic E-state index is 9.19. The lowest BCUT2D eigenvalue weighted by Gasteiger charge is -2.13. The first-order valence-corrected chi connectivity index (χ1v) is 9.10. The Kier molecular flexibility index (Phi) is 14.1. The molecule has 0 bridgehead atoms. The van der Waals surface area contributed by atoms with Crippen LogP contribution in [-0.4, -0.2) is 38.0 Å². The highest BCUT2D eigenvalue weighted by atomic mass is 35.5. The van der Waals surface area contributed by atoms with Crippen molar-refractivity contribution >= 4 is 36.4 Å². The van der Waals surface area contributed by atoms with Gasteiger partial charge in [0.15, 0.2) is 11.5 Å². The highest BCUT2D eigenvalue weighted by Gasteiger charge is 2.06. The van der Waals surface area contributed by atoms with Crippen molar-refractivity contribution in [1.29, 1.82) is 0 Å². The Bertz CT molecular complexity index is 687. The number of hydrogen-bond donors (Lipinski definition) is 3. The molecule has 0 radical (unpaired) electrons. The van der Waals surface area contributed by atoms with Crippen LogP contribution in [0.15, 0.2) is 42.5 Å². The van der Waals surface area contributed by atoms with Gasteiger partial charge in [-0.25, -0.2) is 0 Å². The Labute approximate surface area is 184 Å². The first kappa shape index (κ1) is 26.8. The molecule has 28 heavy (non-hydrogen) atoms. The molecule has 5 nitrogen and oxygen atoms in total. The van der Waals surface area contributed by atoms with Crippen LogP contribution in [-0.2, 0) is 13.2 Å². The fourth-order valence-electron chi connectivity index (χ4n) is 2.45. The Hall–Kier alpha value is -1.21. The molecule has 0 fully saturated rings. The zero-order chi connectivity index (χ0) is 18.8. The molecule has 0 saturated carbocycles. The number of methoxy groups -OCH3 is 1. The van der Waals surface area contributed by atoms with Crippen molar-refractivity contribution in [3.63, 3.8) is 0 Å². The molecule has 0 spiro atoms. The Morgan fingerprint density at radius 3 is 2.43 bits per heavy atom. The molecule has 3 N–H and O–H groups in total. The average Bonchev–Trinajstić information content (AvgIpc) is 2.63. The van der Waals surface area contributed by atoms with Crippen molar-refractivity contribution in [2.75, 3.05) is 26.7 Å². The summed E-state index contributed by atoms with van der Waals surface area (Å²) in [5.41, 5.74) is 2.13. The van der Waals surface area contributed by atoms with E-state index in [0.717, 1.165) is 30.8 Å². The molecule has 0 heterocycles. The summed E-state index contributed by atoms with van der Waals surface area (Å²) in [5, 5.41) is 16.4. The number of halogens is 3. The number of ether oxygens (including phenoxy) is 2. The molecule has 2 aromatic rings. The number of benzene rings is 2. The van der Waals surface area contributed by atoms with E-state index in [1.807, 2.05) is 42.5 Å². The molecule has 0 aromatic heterocycles. The molecule has 0 aliphatic heterocycles. The van der Waals surface area contributed by atoms with Gasteiger partial charge in [-0.1, -0.05) is 29.8 Å². The van der Waals surface area contributed by atoms with Crippen LogP contribution in [0.4, 0.5) is 0 Å². The van der Waals surface area contributed by atoms with Gasteiger partial charge in [0, 0.05) is 31.2 Å². The van der Waals surface area contributed by atoms with Gasteiger partial charge in [-0.05, 0) is 42.3 Å². The first-order valence-electron chi connectivity index (χ1n) is 8.72. The molecule has 2 aromatic carbocycles. The minimum atomic E-state index is -0.321. The minimum Gasteiger partial charge on any atom is -0.493 e. The van der Waals surface area contributed by atoms with Gasteiger partial charge in [0.25, 0.3) is 0 Å². The van der Waals surface area contributed by atoms with E-state index >= 15 is 0 Å². The predicted molar refractivity (Wildman–Crippen MR) is 120 cm³/mol. The van der Waals surface area contributed by atoms with Gasteiger partial charge in [-0.3, -0.25) is 0 Å². The second-order valence-corrected chi connectivity index (χ2v) is 6.57. The summed E-state index contributed by atoms with van der Waals surface area (Å²) < 4.78 is 11.3. The maximum Gasteiger partial charge on any atom is 0.161 e. The fourth-order valence-corrected chi connectivity index (χ4v) is 2.66. The molecule has 0 saturated heterocycles. The van der Waals surface area contributed by atoms with Crippen LogP contribution in [0.3, 0.4) is 0 Å². The lowest BCUT2D eigenvalue weighted by molar-refractivity contribution is 0.191. The monoisotopic (exact) mass is 450 g/mol. The third kappa shape index (κ3) is 9.82. The number of nitrogens with one attached hydrogen (secondary N) is 2. The van der Waals surface area contributed by atoms with Crippen molar-refractivity contribution in [3.8, 4) is 11.5 Å². The zero-order valence-electron chi connectivity index (χ0n) is 16.1. The summed E-state index contributed by atoms with van der Waals surface area (Å²) in [6.45, 7) is 5.17. The number of aliphatic hydroxyl groups is 1. The molecule has 2 rings (SSSR count). The van der Waals surface area contributed by atoms with E-state index in [9.17, 15) is 5.11 Å². The molecule has 0 aliphatic rings. The van der Waals surface area contributed by atoms with E-state index in [1.54, 1.807) is 14.0 Å². The van der Waals surface area contributed by atoms with Gasteiger partial charge in [0.2, 0.25) is 0 Å². The van der Waals surface area contributed by atoms with E-state index in [0.29, 0.717) is 29.7 Å². The third-order valence-electron chi connectivity index (χ3n) is 3.76. The predicted octanol–water partition coefficient (Wildman–Crippen LogP) is 3.83. The summed E-state index contributed by atoms with van der Waals surface area (Å²) in [7, 11) is 1.64. The minimum absolute atomic E-state index is 0. The van der Waals surface area contributed by atoms with Crippen LogP contribution in [0.2, 0.25) is 5.02 Å².